The maximum atomic E-state index is 6.30. The summed E-state index contributed by atoms with van der Waals surface area (Å²) in [6.07, 6.45) is 10.9. The summed E-state index contributed by atoms with van der Waals surface area (Å²) in [5, 5.41) is 0. The predicted molar refractivity (Wildman–Crippen MR) is 81.7 cm³/mol. The largest absolute Gasteiger partial charge is 0.371 e. The molecule has 0 aliphatic heterocycles. The van der Waals surface area contributed by atoms with E-state index >= 15 is 0 Å². The first kappa shape index (κ1) is 14.3. The molecule has 0 aromatic rings. The van der Waals surface area contributed by atoms with Crippen molar-refractivity contribution in [2.24, 2.45) is 10.8 Å². The molecule has 2 nitrogen and oxygen atoms in total. The van der Waals surface area contributed by atoms with Crippen LogP contribution in [0.15, 0.2) is 25.3 Å². The average Bonchev–Trinajstić information content (AvgIpc) is 2.29. The van der Waals surface area contributed by atoms with Crippen LogP contribution in [0.1, 0.15) is 52.4 Å². The Balaban J connectivity index is 1.92. The number of hydrogen-bond donors (Lipinski definition) is 0. The molecule has 4 rings (SSSR count). The van der Waals surface area contributed by atoms with Crippen molar-refractivity contribution in [1.29, 1.82) is 0 Å². The van der Waals surface area contributed by atoms with Gasteiger partial charge in [-0.25, -0.2) is 0 Å². The number of ether oxygens (including phenoxy) is 2. The molecule has 112 valence electrons. The molecule has 0 amide bonds. The number of hydrogen-bond acceptors (Lipinski definition) is 2. The van der Waals surface area contributed by atoms with Gasteiger partial charge in [0.1, 0.15) is 0 Å². The highest BCUT2D eigenvalue weighted by molar-refractivity contribution is 5.18. The molecule has 0 unspecified atom stereocenters. The van der Waals surface area contributed by atoms with Crippen molar-refractivity contribution in [3.05, 3.63) is 25.3 Å². The van der Waals surface area contributed by atoms with Gasteiger partial charge in [-0.15, -0.1) is 13.2 Å². The molecule has 20 heavy (non-hydrogen) atoms. The van der Waals surface area contributed by atoms with E-state index in [4.69, 9.17) is 9.47 Å². The van der Waals surface area contributed by atoms with Crippen LogP contribution in [0.4, 0.5) is 0 Å². The van der Waals surface area contributed by atoms with Crippen LogP contribution in [0.25, 0.3) is 0 Å². The fourth-order valence-corrected chi connectivity index (χ4v) is 6.26. The highest BCUT2D eigenvalue weighted by atomic mass is 16.5. The molecule has 4 fully saturated rings. The summed E-state index contributed by atoms with van der Waals surface area (Å²) < 4.78 is 12.6. The van der Waals surface area contributed by atoms with Crippen LogP contribution in [0.3, 0.4) is 0 Å². The van der Waals surface area contributed by atoms with Crippen molar-refractivity contribution in [2.75, 3.05) is 13.2 Å². The van der Waals surface area contributed by atoms with E-state index in [0.717, 1.165) is 6.42 Å². The van der Waals surface area contributed by atoms with Gasteiger partial charge in [0.05, 0.1) is 24.4 Å². The lowest BCUT2D eigenvalue weighted by Crippen LogP contribution is -2.67. The Morgan fingerprint density at radius 1 is 0.750 bits per heavy atom. The Morgan fingerprint density at radius 3 is 1.50 bits per heavy atom. The molecule has 0 radical (unpaired) electrons. The third kappa shape index (κ3) is 2.27. The topological polar surface area (TPSA) is 18.5 Å². The van der Waals surface area contributed by atoms with Gasteiger partial charge in [-0.3, -0.25) is 0 Å². The quantitative estimate of drug-likeness (QED) is 0.675. The maximum absolute atomic E-state index is 6.30. The highest BCUT2D eigenvalue weighted by Crippen LogP contribution is 2.69. The van der Waals surface area contributed by atoms with Crippen LogP contribution in [0, 0.1) is 10.8 Å². The van der Waals surface area contributed by atoms with Crippen LogP contribution in [0.5, 0.6) is 0 Å². The molecule has 0 N–H and O–H groups in total. The fraction of sp³-hybridized carbons (Fsp3) is 0.778. The van der Waals surface area contributed by atoms with Crippen molar-refractivity contribution in [3.63, 3.8) is 0 Å². The van der Waals surface area contributed by atoms with E-state index in [2.05, 4.69) is 27.0 Å². The van der Waals surface area contributed by atoms with Gasteiger partial charge < -0.3 is 9.47 Å². The zero-order chi connectivity index (χ0) is 14.5. The van der Waals surface area contributed by atoms with E-state index < -0.39 is 0 Å². The van der Waals surface area contributed by atoms with Crippen molar-refractivity contribution in [2.45, 2.75) is 63.6 Å². The van der Waals surface area contributed by atoms with Gasteiger partial charge in [-0.1, -0.05) is 26.0 Å². The molecule has 4 saturated carbocycles. The Labute approximate surface area is 123 Å². The molecule has 0 aromatic carbocycles. The van der Waals surface area contributed by atoms with Crippen LogP contribution < -0.4 is 0 Å². The van der Waals surface area contributed by atoms with Gasteiger partial charge >= 0.3 is 0 Å². The zero-order valence-electron chi connectivity index (χ0n) is 13.0. The van der Waals surface area contributed by atoms with Crippen molar-refractivity contribution < 1.29 is 9.47 Å². The summed E-state index contributed by atoms with van der Waals surface area (Å²) in [6, 6.07) is 0. The monoisotopic (exact) mass is 276 g/mol. The summed E-state index contributed by atoms with van der Waals surface area (Å²) in [5.41, 5.74) is 0.749. The molecule has 0 saturated heterocycles. The third-order valence-corrected chi connectivity index (χ3v) is 5.51. The molecule has 0 atom stereocenters. The predicted octanol–water partition coefficient (Wildman–Crippen LogP) is 4.26. The fourth-order valence-electron chi connectivity index (χ4n) is 6.26. The third-order valence-electron chi connectivity index (χ3n) is 5.51. The smallest absolute Gasteiger partial charge is 0.0724 e. The second-order valence-electron chi connectivity index (χ2n) is 8.25. The summed E-state index contributed by atoms with van der Waals surface area (Å²) in [6.45, 7) is 13.8. The lowest BCUT2D eigenvalue weighted by atomic mass is 9.42. The first-order valence-electron chi connectivity index (χ1n) is 7.86. The van der Waals surface area contributed by atoms with E-state index in [9.17, 15) is 0 Å². The molecule has 0 aromatic heterocycles. The minimum absolute atomic E-state index is 0.00755. The second kappa shape index (κ2) is 4.45. The maximum Gasteiger partial charge on any atom is 0.0724 e. The standard InChI is InChI=1S/C18H28O2/c1-5-7-19-17-10-15(3)9-16(4,11-17)13-18(12-15,14-17)20-8-6-2/h5-6H,1-2,7-14H2,3-4H3. The van der Waals surface area contributed by atoms with Crippen molar-refractivity contribution >= 4 is 0 Å². The van der Waals surface area contributed by atoms with Crippen LogP contribution >= 0.6 is 0 Å². The van der Waals surface area contributed by atoms with Gasteiger partial charge in [-0.2, -0.15) is 0 Å². The first-order chi connectivity index (χ1) is 9.36. The van der Waals surface area contributed by atoms with Gasteiger partial charge in [0.2, 0.25) is 0 Å². The molecule has 4 aliphatic carbocycles. The van der Waals surface area contributed by atoms with Gasteiger partial charge in [0, 0.05) is 6.42 Å². The highest BCUT2D eigenvalue weighted by Gasteiger charge is 2.66. The van der Waals surface area contributed by atoms with E-state index in [1.165, 1.54) is 32.1 Å². The number of rotatable bonds is 6. The van der Waals surface area contributed by atoms with Gasteiger partial charge in [-0.05, 0) is 42.9 Å². The van der Waals surface area contributed by atoms with Crippen LogP contribution in [-0.2, 0) is 9.47 Å². The van der Waals surface area contributed by atoms with E-state index in [-0.39, 0.29) is 11.2 Å². The second-order valence-corrected chi connectivity index (χ2v) is 8.25. The summed E-state index contributed by atoms with van der Waals surface area (Å²) >= 11 is 0. The lowest BCUT2D eigenvalue weighted by Gasteiger charge is -2.68. The van der Waals surface area contributed by atoms with Crippen molar-refractivity contribution in [3.8, 4) is 0 Å². The molecule has 0 spiro atoms. The molecule has 0 heterocycles. The van der Waals surface area contributed by atoms with Crippen molar-refractivity contribution in [1.82, 2.24) is 0 Å². The Bertz CT molecular complexity index is 373. The van der Waals surface area contributed by atoms with E-state index in [1.807, 2.05) is 12.2 Å². The summed E-state index contributed by atoms with van der Waals surface area (Å²) in [7, 11) is 0. The van der Waals surface area contributed by atoms with Crippen LogP contribution in [0.2, 0.25) is 0 Å². The SMILES string of the molecule is C=CCOC12CC3(C)CC(C)(C1)CC(OCC=C)(C3)C2. The van der Waals surface area contributed by atoms with E-state index in [0.29, 0.717) is 24.0 Å². The summed E-state index contributed by atoms with van der Waals surface area (Å²) in [5.74, 6) is 0. The Kier molecular flexibility index (Phi) is 3.19. The molecule has 4 aliphatic rings. The Morgan fingerprint density at radius 2 is 1.15 bits per heavy atom. The molecular weight excluding hydrogens is 248 g/mol. The summed E-state index contributed by atoms with van der Waals surface area (Å²) in [4.78, 5) is 0. The minimum atomic E-state index is 0.00755. The molecule has 2 heteroatoms. The normalized spacial score (nSPS) is 49.3. The van der Waals surface area contributed by atoms with Gasteiger partial charge in [0.15, 0.2) is 0 Å². The minimum Gasteiger partial charge on any atom is -0.371 e. The van der Waals surface area contributed by atoms with Gasteiger partial charge in [0.25, 0.3) is 0 Å². The Hall–Kier alpha value is -0.600. The molecule has 4 bridgehead atoms. The van der Waals surface area contributed by atoms with Crippen LogP contribution in [-0.4, -0.2) is 24.4 Å². The average molecular weight is 276 g/mol. The first-order valence-corrected chi connectivity index (χ1v) is 7.86. The molecular formula is C18H28O2. The lowest BCUT2D eigenvalue weighted by molar-refractivity contribution is -0.275. The zero-order valence-corrected chi connectivity index (χ0v) is 13.0. The van der Waals surface area contributed by atoms with E-state index in [1.54, 1.807) is 0 Å².